The highest BCUT2D eigenvalue weighted by Crippen LogP contribution is 2.36. The maximum atomic E-state index is 12.8. The molecular weight excluding hydrogens is 266 g/mol. The Labute approximate surface area is 129 Å². The number of nitrogens with zero attached hydrogens (tertiary/aromatic N) is 1. The van der Waals surface area contributed by atoms with Crippen molar-refractivity contribution in [2.75, 3.05) is 19.7 Å². The molecular formula is C17H31NO3. The summed E-state index contributed by atoms with van der Waals surface area (Å²) >= 11 is 0. The van der Waals surface area contributed by atoms with Gasteiger partial charge in [0.2, 0.25) is 5.91 Å². The summed E-state index contributed by atoms with van der Waals surface area (Å²) in [5, 5.41) is 0. The molecule has 1 atom stereocenters. The number of esters is 1. The van der Waals surface area contributed by atoms with E-state index in [2.05, 4.69) is 13.8 Å². The van der Waals surface area contributed by atoms with Crippen molar-refractivity contribution in [1.29, 1.82) is 0 Å². The van der Waals surface area contributed by atoms with E-state index in [0.29, 0.717) is 12.0 Å². The zero-order valence-electron chi connectivity index (χ0n) is 14.5. The molecule has 1 amide bonds. The fourth-order valence-electron chi connectivity index (χ4n) is 2.85. The minimum Gasteiger partial charge on any atom is -0.465 e. The van der Waals surface area contributed by atoms with Crippen molar-refractivity contribution in [1.82, 2.24) is 4.90 Å². The SMILES string of the molecule is CCOC(=O)C(C(=O)N1CCC(C)(CC)CC1)C(C)(C)C. The number of carbonyl (C=O) groups is 2. The van der Waals surface area contributed by atoms with Gasteiger partial charge in [-0.15, -0.1) is 0 Å². The lowest BCUT2D eigenvalue weighted by atomic mass is 9.76. The first-order valence-corrected chi connectivity index (χ1v) is 8.10. The zero-order valence-corrected chi connectivity index (χ0v) is 14.5. The molecule has 0 aliphatic carbocycles. The Morgan fingerprint density at radius 1 is 1.19 bits per heavy atom. The van der Waals surface area contributed by atoms with Crippen LogP contribution in [0.25, 0.3) is 0 Å². The van der Waals surface area contributed by atoms with Crippen LogP contribution in [-0.2, 0) is 14.3 Å². The molecule has 4 heteroatoms. The van der Waals surface area contributed by atoms with E-state index in [0.717, 1.165) is 32.4 Å². The summed E-state index contributed by atoms with van der Waals surface area (Å²) in [6, 6.07) is 0. The van der Waals surface area contributed by atoms with Gasteiger partial charge in [0.05, 0.1) is 6.61 Å². The van der Waals surface area contributed by atoms with Crippen molar-refractivity contribution in [2.45, 2.75) is 60.8 Å². The van der Waals surface area contributed by atoms with Gasteiger partial charge < -0.3 is 9.64 Å². The molecule has 1 saturated heterocycles. The molecule has 21 heavy (non-hydrogen) atoms. The van der Waals surface area contributed by atoms with Crippen LogP contribution in [0, 0.1) is 16.7 Å². The van der Waals surface area contributed by atoms with Gasteiger partial charge in [0.1, 0.15) is 5.92 Å². The molecule has 0 aromatic heterocycles. The smallest absolute Gasteiger partial charge is 0.319 e. The lowest BCUT2D eigenvalue weighted by molar-refractivity contribution is -0.161. The molecule has 1 unspecified atom stereocenters. The number of amides is 1. The van der Waals surface area contributed by atoms with Crippen molar-refractivity contribution in [2.24, 2.45) is 16.7 Å². The number of ether oxygens (including phenoxy) is 1. The highest BCUT2D eigenvalue weighted by Gasteiger charge is 2.42. The summed E-state index contributed by atoms with van der Waals surface area (Å²) in [7, 11) is 0. The van der Waals surface area contributed by atoms with Crippen LogP contribution < -0.4 is 0 Å². The highest BCUT2D eigenvalue weighted by atomic mass is 16.5. The summed E-state index contributed by atoms with van der Waals surface area (Å²) in [6.07, 6.45) is 3.15. The molecule has 0 aromatic rings. The third-order valence-electron chi connectivity index (χ3n) is 4.77. The highest BCUT2D eigenvalue weighted by molar-refractivity contribution is 5.98. The maximum absolute atomic E-state index is 12.8. The van der Waals surface area contributed by atoms with Gasteiger partial charge in [-0.2, -0.15) is 0 Å². The number of carbonyl (C=O) groups excluding carboxylic acids is 2. The summed E-state index contributed by atoms with van der Waals surface area (Å²) in [5.41, 5.74) is -0.0905. The first kappa shape index (κ1) is 18.0. The average Bonchev–Trinajstić information content (AvgIpc) is 2.38. The second-order valence-electron chi connectivity index (χ2n) is 7.54. The third kappa shape index (κ3) is 4.45. The average molecular weight is 297 g/mol. The monoisotopic (exact) mass is 297 g/mol. The van der Waals surface area contributed by atoms with Crippen molar-refractivity contribution < 1.29 is 14.3 Å². The van der Waals surface area contributed by atoms with E-state index in [-0.39, 0.29) is 11.9 Å². The van der Waals surface area contributed by atoms with Gasteiger partial charge in [-0.05, 0) is 30.6 Å². The molecule has 0 saturated carbocycles. The summed E-state index contributed by atoms with van der Waals surface area (Å²) in [4.78, 5) is 26.8. The number of hydrogen-bond acceptors (Lipinski definition) is 3. The first-order chi connectivity index (χ1) is 9.64. The van der Waals surface area contributed by atoms with E-state index in [1.807, 2.05) is 25.7 Å². The van der Waals surface area contributed by atoms with Gasteiger partial charge in [0, 0.05) is 13.1 Å². The summed E-state index contributed by atoms with van der Waals surface area (Å²) in [6.45, 7) is 13.8. The van der Waals surface area contributed by atoms with Crippen LogP contribution in [0.1, 0.15) is 60.8 Å². The molecule has 0 bridgehead atoms. The van der Waals surface area contributed by atoms with Crippen LogP contribution in [-0.4, -0.2) is 36.5 Å². The quantitative estimate of drug-likeness (QED) is 0.591. The molecule has 4 nitrogen and oxygen atoms in total. The van der Waals surface area contributed by atoms with E-state index in [1.54, 1.807) is 6.92 Å². The molecule has 1 aliphatic rings. The van der Waals surface area contributed by atoms with Crippen molar-refractivity contribution in [3.63, 3.8) is 0 Å². The molecule has 0 N–H and O–H groups in total. The number of hydrogen-bond donors (Lipinski definition) is 0. The maximum Gasteiger partial charge on any atom is 0.319 e. The molecule has 0 spiro atoms. The van der Waals surface area contributed by atoms with Gasteiger partial charge in [-0.1, -0.05) is 41.0 Å². The molecule has 0 radical (unpaired) electrons. The normalized spacial score (nSPS) is 20.0. The van der Waals surface area contributed by atoms with Crippen LogP contribution in [0.15, 0.2) is 0 Å². The topological polar surface area (TPSA) is 46.6 Å². The third-order valence-corrected chi connectivity index (χ3v) is 4.77. The standard InChI is InChI=1S/C17H31NO3/c1-7-17(6)9-11-18(12-10-17)14(19)13(16(3,4)5)15(20)21-8-2/h13H,7-12H2,1-6H3. The minimum absolute atomic E-state index is 0.0703. The van der Waals surface area contributed by atoms with Gasteiger partial charge >= 0.3 is 5.97 Å². The first-order valence-electron chi connectivity index (χ1n) is 8.10. The second-order valence-corrected chi connectivity index (χ2v) is 7.54. The van der Waals surface area contributed by atoms with Crippen LogP contribution in [0.3, 0.4) is 0 Å². The van der Waals surface area contributed by atoms with E-state index < -0.39 is 11.3 Å². The van der Waals surface area contributed by atoms with Crippen LogP contribution in [0.5, 0.6) is 0 Å². The van der Waals surface area contributed by atoms with E-state index in [9.17, 15) is 9.59 Å². The van der Waals surface area contributed by atoms with E-state index >= 15 is 0 Å². The van der Waals surface area contributed by atoms with Gasteiger partial charge in [-0.25, -0.2) is 0 Å². The Bertz CT molecular complexity index is 376. The Morgan fingerprint density at radius 3 is 2.10 bits per heavy atom. The minimum atomic E-state index is -0.705. The van der Waals surface area contributed by atoms with Gasteiger partial charge in [-0.3, -0.25) is 9.59 Å². The number of rotatable bonds is 4. The lowest BCUT2D eigenvalue weighted by Crippen LogP contribution is -2.49. The number of piperidine rings is 1. The fourth-order valence-corrected chi connectivity index (χ4v) is 2.85. The molecule has 1 aliphatic heterocycles. The Hall–Kier alpha value is -1.06. The molecule has 0 aromatic carbocycles. The molecule has 1 heterocycles. The van der Waals surface area contributed by atoms with Crippen molar-refractivity contribution >= 4 is 11.9 Å². The van der Waals surface area contributed by atoms with Gasteiger partial charge in [0.15, 0.2) is 0 Å². The predicted molar refractivity (Wildman–Crippen MR) is 83.8 cm³/mol. The van der Waals surface area contributed by atoms with Crippen LogP contribution >= 0.6 is 0 Å². The molecule has 1 fully saturated rings. The second kappa shape index (κ2) is 6.80. The Kier molecular flexibility index (Phi) is 5.83. The summed E-state index contributed by atoms with van der Waals surface area (Å²) < 4.78 is 5.12. The van der Waals surface area contributed by atoms with Crippen molar-refractivity contribution in [3.8, 4) is 0 Å². The Balaban J connectivity index is 2.81. The molecule has 1 rings (SSSR count). The summed E-state index contributed by atoms with van der Waals surface area (Å²) in [5.74, 6) is -1.17. The largest absolute Gasteiger partial charge is 0.465 e. The van der Waals surface area contributed by atoms with E-state index in [4.69, 9.17) is 4.74 Å². The Morgan fingerprint density at radius 2 is 1.71 bits per heavy atom. The molecule has 122 valence electrons. The van der Waals surface area contributed by atoms with E-state index in [1.165, 1.54) is 0 Å². The fraction of sp³-hybridized carbons (Fsp3) is 0.882. The van der Waals surface area contributed by atoms with Gasteiger partial charge in [0.25, 0.3) is 0 Å². The van der Waals surface area contributed by atoms with Crippen molar-refractivity contribution in [3.05, 3.63) is 0 Å². The predicted octanol–water partition coefficient (Wildman–Crippen LogP) is 3.25. The van der Waals surface area contributed by atoms with Crippen LogP contribution in [0.4, 0.5) is 0 Å². The lowest BCUT2D eigenvalue weighted by Gasteiger charge is -2.41. The zero-order chi connectivity index (χ0) is 16.3. The number of likely N-dealkylation sites (tertiary alicyclic amines) is 1. The van der Waals surface area contributed by atoms with Crippen LogP contribution in [0.2, 0.25) is 0 Å².